The second kappa shape index (κ2) is 5.81. The Bertz CT molecular complexity index is 660. The molecule has 0 saturated heterocycles. The van der Waals surface area contributed by atoms with Crippen LogP contribution in [-0.4, -0.2) is 27.8 Å². The molecule has 2 aromatic rings. The molecule has 0 unspecified atom stereocenters. The summed E-state index contributed by atoms with van der Waals surface area (Å²) in [6.07, 6.45) is 3.16. The quantitative estimate of drug-likeness (QED) is 0.693. The van der Waals surface area contributed by atoms with Gasteiger partial charge in [0.05, 0.1) is 16.9 Å². The lowest BCUT2D eigenvalue weighted by molar-refractivity contribution is -0.123. The number of aromatic nitrogens is 2. The molecule has 1 aliphatic rings. The molecule has 1 aromatic heterocycles. The van der Waals surface area contributed by atoms with E-state index in [9.17, 15) is 4.79 Å². The Morgan fingerprint density at radius 2 is 2.05 bits per heavy atom. The number of benzene rings is 1. The van der Waals surface area contributed by atoms with Gasteiger partial charge in [0.1, 0.15) is 5.82 Å². The van der Waals surface area contributed by atoms with Gasteiger partial charge in [-0.1, -0.05) is 18.2 Å². The fourth-order valence-corrected chi connectivity index (χ4v) is 2.35. The number of nitrogen functional groups attached to an aromatic ring is 1. The topological polar surface area (TPSA) is 99.0 Å². The van der Waals surface area contributed by atoms with Gasteiger partial charge in [-0.2, -0.15) is 5.10 Å². The van der Waals surface area contributed by atoms with Gasteiger partial charge >= 0.3 is 0 Å². The Hall–Kier alpha value is -2.34. The zero-order valence-corrected chi connectivity index (χ0v) is 12.5. The van der Waals surface area contributed by atoms with E-state index in [0.717, 1.165) is 37.1 Å². The van der Waals surface area contributed by atoms with E-state index >= 15 is 0 Å². The minimum atomic E-state index is -0.598. The Morgan fingerprint density at radius 1 is 1.32 bits per heavy atom. The number of rotatable bonds is 6. The molecule has 1 aliphatic carbocycles. The number of anilines is 1. The van der Waals surface area contributed by atoms with Gasteiger partial charge in [-0.25, -0.2) is 4.68 Å². The largest absolute Gasteiger partial charge is 0.384 e. The summed E-state index contributed by atoms with van der Waals surface area (Å²) in [5.41, 5.74) is 13.1. The molecule has 1 fully saturated rings. The van der Waals surface area contributed by atoms with Gasteiger partial charge in [-0.3, -0.25) is 4.79 Å². The average Bonchev–Trinajstić information content (AvgIpc) is 3.17. The standard InChI is InChI=1S/C16H21N5O/c17-14-11-12(20-21(14)13-6-2-1-3-7-13)5-4-10-19-15(22)16(18)8-9-16/h1-3,6-7,11H,4-5,8-10,17-18H2,(H,19,22). The minimum Gasteiger partial charge on any atom is -0.384 e. The van der Waals surface area contributed by atoms with Gasteiger partial charge < -0.3 is 16.8 Å². The highest BCUT2D eigenvalue weighted by Gasteiger charge is 2.45. The highest BCUT2D eigenvalue weighted by atomic mass is 16.2. The van der Waals surface area contributed by atoms with Crippen LogP contribution in [0.15, 0.2) is 36.4 Å². The Kier molecular flexibility index (Phi) is 3.85. The van der Waals surface area contributed by atoms with Crippen LogP contribution in [0.4, 0.5) is 5.82 Å². The van der Waals surface area contributed by atoms with Crippen LogP contribution in [0.3, 0.4) is 0 Å². The molecule has 3 rings (SSSR count). The van der Waals surface area contributed by atoms with Crippen molar-refractivity contribution in [3.8, 4) is 5.69 Å². The second-order valence-electron chi connectivity index (χ2n) is 5.82. The van der Waals surface area contributed by atoms with Gasteiger partial charge in [0.2, 0.25) is 5.91 Å². The molecule has 116 valence electrons. The van der Waals surface area contributed by atoms with E-state index in [1.807, 2.05) is 36.4 Å². The number of carbonyl (C=O) groups excluding carboxylic acids is 1. The molecule has 1 heterocycles. The molecule has 0 aliphatic heterocycles. The molecule has 22 heavy (non-hydrogen) atoms. The van der Waals surface area contributed by atoms with Crippen molar-refractivity contribution >= 4 is 11.7 Å². The summed E-state index contributed by atoms with van der Waals surface area (Å²) >= 11 is 0. The van der Waals surface area contributed by atoms with Crippen molar-refractivity contribution in [3.05, 3.63) is 42.1 Å². The van der Waals surface area contributed by atoms with E-state index in [1.165, 1.54) is 0 Å². The van der Waals surface area contributed by atoms with Crippen LogP contribution < -0.4 is 16.8 Å². The first-order valence-corrected chi connectivity index (χ1v) is 7.55. The smallest absolute Gasteiger partial charge is 0.240 e. The van der Waals surface area contributed by atoms with Gasteiger partial charge in [0, 0.05) is 12.6 Å². The van der Waals surface area contributed by atoms with Gasteiger partial charge in [-0.15, -0.1) is 0 Å². The predicted molar refractivity (Wildman–Crippen MR) is 85.5 cm³/mol. The Morgan fingerprint density at radius 3 is 2.73 bits per heavy atom. The fourth-order valence-electron chi connectivity index (χ4n) is 2.35. The van der Waals surface area contributed by atoms with Crippen LogP contribution in [0.25, 0.3) is 5.69 Å². The van der Waals surface area contributed by atoms with E-state index in [0.29, 0.717) is 12.4 Å². The molecule has 6 heteroatoms. The lowest BCUT2D eigenvalue weighted by Crippen LogP contribution is -2.43. The summed E-state index contributed by atoms with van der Waals surface area (Å²) in [7, 11) is 0. The SMILES string of the molecule is Nc1cc(CCCNC(=O)C2(N)CC2)nn1-c1ccccc1. The fraction of sp³-hybridized carbons (Fsp3) is 0.375. The number of nitrogens with one attached hydrogen (secondary N) is 1. The lowest BCUT2D eigenvalue weighted by atomic mass is 10.2. The van der Waals surface area contributed by atoms with Crippen LogP contribution in [0.1, 0.15) is 25.0 Å². The number of hydrogen-bond donors (Lipinski definition) is 3. The summed E-state index contributed by atoms with van der Waals surface area (Å²) in [4.78, 5) is 11.7. The third kappa shape index (κ3) is 3.12. The molecule has 1 amide bonds. The van der Waals surface area contributed by atoms with Crippen LogP contribution in [-0.2, 0) is 11.2 Å². The number of aryl methyl sites for hydroxylation is 1. The van der Waals surface area contributed by atoms with Crippen molar-refractivity contribution in [2.24, 2.45) is 5.73 Å². The van der Waals surface area contributed by atoms with E-state index in [-0.39, 0.29) is 5.91 Å². The molecule has 1 saturated carbocycles. The summed E-state index contributed by atoms with van der Waals surface area (Å²) in [6.45, 7) is 0.607. The Balaban J connectivity index is 1.52. The number of amides is 1. The number of nitrogens with two attached hydrogens (primary N) is 2. The van der Waals surface area contributed by atoms with Gasteiger partial charge in [-0.05, 0) is 37.8 Å². The first kappa shape index (κ1) is 14.6. The summed E-state index contributed by atoms with van der Waals surface area (Å²) < 4.78 is 1.73. The maximum absolute atomic E-state index is 11.7. The zero-order valence-electron chi connectivity index (χ0n) is 12.5. The van der Waals surface area contributed by atoms with Crippen molar-refractivity contribution in [1.82, 2.24) is 15.1 Å². The third-order valence-electron chi connectivity index (χ3n) is 3.92. The summed E-state index contributed by atoms with van der Waals surface area (Å²) in [6, 6.07) is 11.7. The highest BCUT2D eigenvalue weighted by Crippen LogP contribution is 2.31. The number of hydrogen-bond acceptors (Lipinski definition) is 4. The van der Waals surface area contributed by atoms with Crippen molar-refractivity contribution in [2.45, 2.75) is 31.2 Å². The molecule has 0 atom stereocenters. The van der Waals surface area contributed by atoms with Crippen LogP contribution >= 0.6 is 0 Å². The van der Waals surface area contributed by atoms with Crippen LogP contribution in [0.5, 0.6) is 0 Å². The van der Waals surface area contributed by atoms with E-state index < -0.39 is 5.54 Å². The summed E-state index contributed by atoms with van der Waals surface area (Å²) in [5, 5.41) is 7.39. The van der Waals surface area contributed by atoms with E-state index in [1.54, 1.807) is 4.68 Å². The van der Waals surface area contributed by atoms with E-state index in [4.69, 9.17) is 11.5 Å². The number of nitrogens with zero attached hydrogens (tertiary/aromatic N) is 2. The zero-order chi connectivity index (χ0) is 15.6. The van der Waals surface area contributed by atoms with Crippen molar-refractivity contribution in [2.75, 3.05) is 12.3 Å². The third-order valence-corrected chi connectivity index (χ3v) is 3.92. The normalized spacial score (nSPS) is 15.5. The predicted octanol–water partition coefficient (Wildman–Crippen LogP) is 0.995. The first-order valence-electron chi connectivity index (χ1n) is 7.55. The summed E-state index contributed by atoms with van der Waals surface area (Å²) in [5.74, 6) is 0.575. The minimum absolute atomic E-state index is 0.0400. The van der Waals surface area contributed by atoms with Crippen molar-refractivity contribution in [1.29, 1.82) is 0 Å². The lowest BCUT2D eigenvalue weighted by Gasteiger charge is -2.09. The van der Waals surface area contributed by atoms with Gasteiger partial charge in [0.15, 0.2) is 0 Å². The maximum atomic E-state index is 11.7. The average molecular weight is 299 g/mol. The number of para-hydroxylation sites is 1. The maximum Gasteiger partial charge on any atom is 0.240 e. The Labute approximate surface area is 129 Å². The molecule has 0 spiro atoms. The molecular formula is C16H21N5O. The molecule has 6 nitrogen and oxygen atoms in total. The molecular weight excluding hydrogens is 278 g/mol. The molecule has 1 aromatic carbocycles. The molecule has 5 N–H and O–H groups in total. The molecule has 0 radical (unpaired) electrons. The van der Waals surface area contributed by atoms with Crippen molar-refractivity contribution < 1.29 is 4.79 Å². The second-order valence-corrected chi connectivity index (χ2v) is 5.82. The van der Waals surface area contributed by atoms with Crippen molar-refractivity contribution in [3.63, 3.8) is 0 Å². The highest BCUT2D eigenvalue weighted by molar-refractivity contribution is 5.88. The van der Waals surface area contributed by atoms with E-state index in [2.05, 4.69) is 10.4 Å². The molecule has 0 bridgehead atoms. The monoisotopic (exact) mass is 299 g/mol. The van der Waals surface area contributed by atoms with Crippen LogP contribution in [0, 0.1) is 0 Å². The van der Waals surface area contributed by atoms with Gasteiger partial charge in [0.25, 0.3) is 0 Å². The number of carbonyl (C=O) groups is 1. The first-order chi connectivity index (χ1) is 10.6. The van der Waals surface area contributed by atoms with Crippen LogP contribution in [0.2, 0.25) is 0 Å².